The molecule has 0 aliphatic carbocycles. The summed E-state index contributed by atoms with van der Waals surface area (Å²) in [6.45, 7) is 0.912. The van der Waals surface area contributed by atoms with Crippen molar-refractivity contribution in [1.82, 2.24) is 15.1 Å². The van der Waals surface area contributed by atoms with Crippen LogP contribution in [-0.2, 0) is 16.4 Å². The Morgan fingerprint density at radius 2 is 1.87 bits per heavy atom. The van der Waals surface area contributed by atoms with E-state index in [0.717, 1.165) is 11.4 Å². The van der Waals surface area contributed by atoms with Crippen LogP contribution in [0.25, 0.3) is 5.69 Å². The maximum atomic E-state index is 11.4. The van der Waals surface area contributed by atoms with E-state index in [-0.39, 0.29) is 11.5 Å². The molecule has 2 N–H and O–H groups in total. The number of aliphatic hydroxyl groups is 1. The second kappa shape index (κ2) is 6.43. The van der Waals surface area contributed by atoms with Gasteiger partial charge in [0.15, 0.2) is 9.84 Å². The van der Waals surface area contributed by atoms with Crippen molar-refractivity contribution in [1.29, 1.82) is 0 Å². The number of benzene rings is 1. The molecule has 124 valence electrons. The number of rotatable bonds is 5. The molecule has 0 saturated carbocycles. The highest BCUT2D eigenvalue weighted by molar-refractivity contribution is 7.91. The molecule has 2 aromatic rings. The zero-order chi connectivity index (χ0) is 16.3. The molecule has 2 heterocycles. The van der Waals surface area contributed by atoms with Crippen LogP contribution in [-0.4, -0.2) is 47.0 Å². The molecule has 1 saturated heterocycles. The Balaban J connectivity index is 1.53. The van der Waals surface area contributed by atoms with E-state index in [4.69, 9.17) is 0 Å². The van der Waals surface area contributed by atoms with Crippen molar-refractivity contribution in [3.8, 4) is 5.69 Å². The van der Waals surface area contributed by atoms with Gasteiger partial charge in [-0.2, -0.15) is 5.10 Å². The standard InChI is InChI=1S/C16H21N3O3S/c20-16(7-10-23(21,22)11-8-16)13-17-12-14-6-9-19(18-14)15-4-2-1-3-5-15/h1-6,9,17,20H,7-8,10-13H2. The molecular formula is C16H21N3O3S. The van der Waals surface area contributed by atoms with Crippen molar-refractivity contribution in [2.24, 2.45) is 0 Å². The van der Waals surface area contributed by atoms with Crippen LogP contribution in [0.2, 0.25) is 0 Å². The van der Waals surface area contributed by atoms with E-state index in [1.54, 1.807) is 4.68 Å². The van der Waals surface area contributed by atoms with Gasteiger partial charge in [0.2, 0.25) is 0 Å². The molecule has 0 radical (unpaired) electrons. The van der Waals surface area contributed by atoms with Crippen LogP contribution in [0.5, 0.6) is 0 Å². The first-order valence-corrected chi connectivity index (χ1v) is 9.52. The van der Waals surface area contributed by atoms with E-state index >= 15 is 0 Å². The smallest absolute Gasteiger partial charge is 0.150 e. The predicted octanol–water partition coefficient (Wildman–Crippen LogP) is 0.902. The third-order valence-corrected chi connectivity index (χ3v) is 5.83. The first kappa shape index (κ1) is 16.2. The number of aromatic nitrogens is 2. The van der Waals surface area contributed by atoms with Crippen molar-refractivity contribution in [3.63, 3.8) is 0 Å². The van der Waals surface area contributed by atoms with E-state index in [0.29, 0.717) is 25.9 Å². The van der Waals surface area contributed by atoms with Gasteiger partial charge in [-0.1, -0.05) is 18.2 Å². The van der Waals surface area contributed by atoms with Gasteiger partial charge in [0, 0.05) is 19.3 Å². The normalized spacial score (nSPS) is 19.5. The van der Waals surface area contributed by atoms with Crippen LogP contribution in [0.1, 0.15) is 18.5 Å². The van der Waals surface area contributed by atoms with Crippen LogP contribution >= 0.6 is 0 Å². The molecular weight excluding hydrogens is 314 g/mol. The predicted molar refractivity (Wildman–Crippen MR) is 88.1 cm³/mol. The second-order valence-electron chi connectivity index (χ2n) is 6.07. The molecule has 6 nitrogen and oxygen atoms in total. The zero-order valence-electron chi connectivity index (χ0n) is 12.9. The third kappa shape index (κ3) is 4.19. The molecule has 23 heavy (non-hydrogen) atoms. The average molecular weight is 335 g/mol. The largest absolute Gasteiger partial charge is 0.388 e. The summed E-state index contributed by atoms with van der Waals surface area (Å²) in [5.74, 6) is 0.127. The number of hydrogen-bond donors (Lipinski definition) is 2. The maximum absolute atomic E-state index is 11.4. The summed E-state index contributed by atoms with van der Waals surface area (Å²) in [6, 6.07) is 11.8. The van der Waals surface area contributed by atoms with Crippen LogP contribution < -0.4 is 5.32 Å². The van der Waals surface area contributed by atoms with Gasteiger partial charge in [0.05, 0.1) is 28.5 Å². The Bertz CT molecular complexity index is 742. The summed E-state index contributed by atoms with van der Waals surface area (Å²) in [6.07, 6.45) is 2.48. The molecule has 1 aromatic heterocycles. The topological polar surface area (TPSA) is 84.2 Å². The van der Waals surface area contributed by atoms with Crippen molar-refractivity contribution >= 4 is 9.84 Å². The van der Waals surface area contributed by atoms with Gasteiger partial charge in [-0.05, 0) is 31.0 Å². The lowest BCUT2D eigenvalue weighted by Crippen LogP contribution is -2.46. The van der Waals surface area contributed by atoms with Gasteiger partial charge in [0.25, 0.3) is 0 Å². The lowest BCUT2D eigenvalue weighted by molar-refractivity contribution is 0.0303. The molecule has 7 heteroatoms. The molecule has 0 atom stereocenters. The number of para-hydroxylation sites is 1. The van der Waals surface area contributed by atoms with Gasteiger partial charge in [-0.25, -0.2) is 13.1 Å². The van der Waals surface area contributed by atoms with Gasteiger partial charge in [-0.15, -0.1) is 0 Å². The van der Waals surface area contributed by atoms with E-state index in [2.05, 4.69) is 10.4 Å². The summed E-state index contributed by atoms with van der Waals surface area (Å²) >= 11 is 0. The fraction of sp³-hybridized carbons (Fsp3) is 0.438. The monoisotopic (exact) mass is 335 g/mol. The van der Waals surface area contributed by atoms with Gasteiger partial charge in [0.1, 0.15) is 0 Å². The fourth-order valence-corrected chi connectivity index (χ4v) is 4.28. The molecule has 1 fully saturated rings. The molecule has 1 aliphatic heterocycles. The van der Waals surface area contributed by atoms with E-state index < -0.39 is 15.4 Å². The Morgan fingerprint density at radius 1 is 1.17 bits per heavy atom. The maximum Gasteiger partial charge on any atom is 0.150 e. The van der Waals surface area contributed by atoms with Gasteiger partial charge < -0.3 is 10.4 Å². The minimum atomic E-state index is -2.96. The van der Waals surface area contributed by atoms with Crippen molar-refractivity contribution in [3.05, 3.63) is 48.3 Å². The Morgan fingerprint density at radius 3 is 2.57 bits per heavy atom. The first-order valence-electron chi connectivity index (χ1n) is 7.69. The number of nitrogens with zero attached hydrogens (tertiary/aromatic N) is 2. The minimum Gasteiger partial charge on any atom is -0.388 e. The SMILES string of the molecule is O=S1(=O)CCC(O)(CNCc2ccn(-c3ccccc3)n2)CC1. The third-order valence-electron chi connectivity index (χ3n) is 4.18. The van der Waals surface area contributed by atoms with Gasteiger partial charge >= 0.3 is 0 Å². The molecule has 0 spiro atoms. The molecule has 3 rings (SSSR count). The quantitative estimate of drug-likeness (QED) is 0.848. The van der Waals surface area contributed by atoms with Gasteiger partial charge in [-0.3, -0.25) is 0 Å². The van der Waals surface area contributed by atoms with Crippen molar-refractivity contribution in [2.75, 3.05) is 18.1 Å². The van der Waals surface area contributed by atoms with Crippen molar-refractivity contribution in [2.45, 2.75) is 25.0 Å². The van der Waals surface area contributed by atoms with Crippen LogP contribution in [0.3, 0.4) is 0 Å². The molecule has 1 aliphatic rings. The summed E-state index contributed by atoms with van der Waals surface area (Å²) in [5, 5.41) is 18.1. The molecule has 0 amide bonds. The summed E-state index contributed by atoms with van der Waals surface area (Å²) in [5.41, 5.74) is 0.934. The Kier molecular flexibility index (Phi) is 4.52. The lowest BCUT2D eigenvalue weighted by Gasteiger charge is -2.32. The molecule has 1 aromatic carbocycles. The first-order chi connectivity index (χ1) is 11.0. The fourth-order valence-electron chi connectivity index (χ4n) is 2.70. The molecule has 0 bridgehead atoms. The minimum absolute atomic E-state index is 0.0633. The van der Waals surface area contributed by atoms with Crippen LogP contribution in [0, 0.1) is 0 Å². The van der Waals surface area contributed by atoms with Crippen molar-refractivity contribution < 1.29 is 13.5 Å². The summed E-state index contributed by atoms with van der Waals surface area (Å²) < 4.78 is 24.7. The number of nitrogens with one attached hydrogen (secondary N) is 1. The van der Waals surface area contributed by atoms with Crippen LogP contribution in [0.4, 0.5) is 0 Å². The number of sulfone groups is 1. The second-order valence-corrected chi connectivity index (χ2v) is 8.37. The number of hydrogen-bond acceptors (Lipinski definition) is 5. The van der Waals surface area contributed by atoms with E-state index in [1.165, 1.54) is 0 Å². The highest BCUT2D eigenvalue weighted by Gasteiger charge is 2.34. The van der Waals surface area contributed by atoms with Crippen LogP contribution in [0.15, 0.2) is 42.6 Å². The summed E-state index contributed by atoms with van der Waals surface area (Å²) in [7, 11) is -2.96. The van der Waals surface area contributed by atoms with E-state index in [9.17, 15) is 13.5 Å². The zero-order valence-corrected chi connectivity index (χ0v) is 13.7. The average Bonchev–Trinajstić information content (AvgIpc) is 3.01. The lowest BCUT2D eigenvalue weighted by atomic mass is 9.97. The highest BCUT2D eigenvalue weighted by atomic mass is 32.2. The van der Waals surface area contributed by atoms with E-state index in [1.807, 2.05) is 42.6 Å². The molecule has 0 unspecified atom stereocenters. The Hall–Kier alpha value is -1.70. The highest BCUT2D eigenvalue weighted by Crippen LogP contribution is 2.22. The Labute approximate surface area is 136 Å². The summed E-state index contributed by atoms with van der Waals surface area (Å²) in [4.78, 5) is 0.